The van der Waals surface area contributed by atoms with Gasteiger partial charge in [-0.15, -0.1) is 0 Å². The highest BCUT2D eigenvalue weighted by atomic mass is 32.2. The normalized spacial score (nSPS) is 11.9. The molecular formula is C11H20N4O2S. The highest BCUT2D eigenvalue weighted by Gasteiger charge is 2.09. The summed E-state index contributed by atoms with van der Waals surface area (Å²) in [4.78, 5) is 0. The van der Waals surface area contributed by atoms with Crippen LogP contribution in [0.3, 0.4) is 0 Å². The SMILES string of the molecule is CC(C)NCCCS(=O)(=O)NCc1cccnn1. The van der Waals surface area contributed by atoms with Crippen molar-refractivity contribution in [1.82, 2.24) is 20.2 Å². The number of hydrogen-bond donors (Lipinski definition) is 2. The second-order valence-electron chi connectivity index (χ2n) is 4.32. The molecule has 0 aromatic carbocycles. The number of nitrogens with zero attached hydrogens (tertiary/aromatic N) is 2. The molecule has 0 amide bonds. The maximum atomic E-state index is 11.7. The molecule has 2 N–H and O–H groups in total. The standard InChI is InChI=1S/C11H20N4O2S/c1-10(2)12-6-4-8-18(16,17)14-9-11-5-3-7-13-15-11/h3,5,7,10,12,14H,4,6,8-9H2,1-2H3. The Morgan fingerprint density at radius 2 is 2.17 bits per heavy atom. The second-order valence-corrected chi connectivity index (χ2v) is 6.24. The molecule has 0 spiro atoms. The molecule has 0 aliphatic heterocycles. The summed E-state index contributed by atoms with van der Waals surface area (Å²) in [6, 6.07) is 3.83. The van der Waals surface area contributed by atoms with Gasteiger partial charge in [-0.25, -0.2) is 13.1 Å². The molecule has 1 aromatic rings. The molecule has 0 saturated heterocycles. The summed E-state index contributed by atoms with van der Waals surface area (Å²) in [6.07, 6.45) is 2.14. The summed E-state index contributed by atoms with van der Waals surface area (Å²) in [7, 11) is -3.24. The van der Waals surface area contributed by atoms with E-state index in [0.717, 1.165) is 0 Å². The van der Waals surface area contributed by atoms with Crippen LogP contribution in [0.2, 0.25) is 0 Å². The third kappa shape index (κ3) is 6.63. The Balaban J connectivity index is 2.28. The molecule has 1 aromatic heterocycles. The lowest BCUT2D eigenvalue weighted by atomic mass is 10.4. The van der Waals surface area contributed by atoms with Gasteiger partial charge in [0.1, 0.15) is 0 Å². The first-order chi connectivity index (χ1) is 8.49. The molecule has 0 saturated carbocycles. The van der Waals surface area contributed by atoms with E-state index < -0.39 is 10.0 Å². The van der Waals surface area contributed by atoms with Crippen molar-refractivity contribution >= 4 is 10.0 Å². The van der Waals surface area contributed by atoms with Crippen LogP contribution in [0.25, 0.3) is 0 Å². The number of aromatic nitrogens is 2. The zero-order chi connectivity index (χ0) is 13.4. The van der Waals surface area contributed by atoms with Crippen LogP contribution in [-0.2, 0) is 16.6 Å². The first kappa shape index (κ1) is 15.0. The maximum absolute atomic E-state index is 11.7. The van der Waals surface area contributed by atoms with E-state index in [2.05, 4.69) is 20.2 Å². The Kier molecular flexibility index (Phi) is 6.17. The van der Waals surface area contributed by atoms with Crippen LogP contribution in [0.5, 0.6) is 0 Å². The van der Waals surface area contributed by atoms with E-state index in [-0.39, 0.29) is 12.3 Å². The van der Waals surface area contributed by atoms with E-state index in [9.17, 15) is 8.42 Å². The maximum Gasteiger partial charge on any atom is 0.211 e. The van der Waals surface area contributed by atoms with E-state index in [1.54, 1.807) is 18.3 Å². The lowest BCUT2D eigenvalue weighted by Gasteiger charge is -2.08. The monoisotopic (exact) mass is 272 g/mol. The molecule has 0 atom stereocenters. The van der Waals surface area contributed by atoms with Crippen LogP contribution in [0.1, 0.15) is 26.0 Å². The smallest absolute Gasteiger partial charge is 0.211 e. The fourth-order valence-electron chi connectivity index (χ4n) is 1.34. The molecule has 6 nitrogen and oxygen atoms in total. The quantitative estimate of drug-likeness (QED) is 0.664. The van der Waals surface area contributed by atoms with Crippen LogP contribution in [0, 0.1) is 0 Å². The molecule has 0 fully saturated rings. The third-order valence-electron chi connectivity index (χ3n) is 2.24. The van der Waals surface area contributed by atoms with Gasteiger partial charge < -0.3 is 5.32 Å². The zero-order valence-corrected chi connectivity index (χ0v) is 11.6. The van der Waals surface area contributed by atoms with Gasteiger partial charge in [-0.2, -0.15) is 10.2 Å². The molecule has 7 heteroatoms. The Hall–Kier alpha value is -1.05. The van der Waals surface area contributed by atoms with E-state index in [1.807, 2.05) is 13.8 Å². The van der Waals surface area contributed by atoms with Crippen LogP contribution in [0.4, 0.5) is 0 Å². The van der Waals surface area contributed by atoms with Gasteiger partial charge in [-0.05, 0) is 25.1 Å². The number of sulfonamides is 1. The summed E-state index contributed by atoms with van der Waals surface area (Å²) in [5, 5.41) is 10.7. The van der Waals surface area contributed by atoms with Gasteiger partial charge in [0.25, 0.3) is 0 Å². The number of hydrogen-bond acceptors (Lipinski definition) is 5. The van der Waals surface area contributed by atoms with E-state index in [1.165, 1.54) is 0 Å². The highest BCUT2D eigenvalue weighted by Crippen LogP contribution is 1.94. The van der Waals surface area contributed by atoms with Gasteiger partial charge in [0.15, 0.2) is 0 Å². The predicted octanol–water partition coefficient (Wildman–Crippen LogP) is 0.284. The van der Waals surface area contributed by atoms with Crippen LogP contribution in [-0.4, -0.2) is 37.0 Å². The lowest BCUT2D eigenvalue weighted by molar-refractivity contribution is 0.560. The minimum Gasteiger partial charge on any atom is -0.314 e. The van der Waals surface area contributed by atoms with Crippen molar-refractivity contribution in [2.75, 3.05) is 12.3 Å². The average molecular weight is 272 g/mol. The molecule has 1 heterocycles. The first-order valence-corrected chi connectivity index (χ1v) is 7.62. The third-order valence-corrected chi connectivity index (χ3v) is 3.65. The highest BCUT2D eigenvalue weighted by molar-refractivity contribution is 7.89. The largest absolute Gasteiger partial charge is 0.314 e. The molecule has 1 rings (SSSR count). The van der Waals surface area contributed by atoms with Gasteiger partial charge in [-0.1, -0.05) is 13.8 Å². The van der Waals surface area contributed by atoms with Crippen molar-refractivity contribution in [2.45, 2.75) is 32.9 Å². The summed E-state index contributed by atoms with van der Waals surface area (Å²) >= 11 is 0. The Morgan fingerprint density at radius 1 is 1.39 bits per heavy atom. The van der Waals surface area contributed by atoms with Gasteiger partial charge in [0, 0.05) is 12.2 Å². The summed E-state index contributed by atoms with van der Waals surface area (Å²) < 4.78 is 25.8. The van der Waals surface area contributed by atoms with Gasteiger partial charge in [0.05, 0.1) is 18.0 Å². The average Bonchev–Trinajstić information content (AvgIpc) is 2.34. The van der Waals surface area contributed by atoms with Gasteiger partial charge >= 0.3 is 0 Å². The van der Waals surface area contributed by atoms with E-state index in [0.29, 0.717) is 24.7 Å². The van der Waals surface area contributed by atoms with Crippen LogP contribution in [0.15, 0.2) is 18.3 Å². The zero-order valence-electron chi connectivity index (χ0n) is 10.8. The molecule has 18 heavy (non-hydrogen) atoms. The van der Waals surface area contributed by atoms with E-state index >= 15 is 0 Å². The molecule has 102 valence electrons. The first-order valence-electron chi connectivity index (χ1n) is 5.97. The number of nitrogens with one attached hydrogen (secondary N) is 2. The van der Waals surface area contributed by atoms with Crippen LogP contribution >= 0.6 is 0 Å². The fraction of sp³-hybridized carbons (Fsp3) is 0.636. The van der Waals surface area contributed by atoms with Crippen molar-refractivity contribution in [3.8, 4) is 0 Å². The Bertz CT molecular complexity index is 434. The lowest BCUT2D eigenvalue weighted by Crippen LogP contribution is -2.30. The predicted molar refractivity (Wildman–Crippen MR) is 70.4 cm³/mol. The summed E-state index contributed by atoms with van der Waals surface area (Å²) in [6.45, 7) is 4.94. The fourth-order valence-corrected chi connectivity index (χ4v) is 2.37. The molecule has 0 aliphatic carbocycles. The minimum atomic E-state index is -3.24. The van der Waals surface area contributed by atoms with Gasteiger partial charge in [-0.3, -0.25) is 0 Å². The second kappa shape index (κ2) is 7.40. The Morgan fingerprint density at radius 3 is 2.78 bits per heavy atom. The molecule has 0 radical (unpaired) electrons. The Labute approximate surface area is 108 Å². The summed E-state index contributed by atoms with van der Waals surface area (Å²) in [5.74, 6) is 0.118. The van der Waals surface area contributed by atoms with Crippen molar-refractivity contribution in [3.63, 3.8) is 0 Å². The van der Waals surface area contributed by atoms with Crippen LogP contribution < -0.4 is 10.0 Å². The van der Waals surface area contributed by atoms with Crippen molar-refractivity contribution in [1.29, 1.82) is 0 Å². The minimum absolute atomic E-state index is 0.118. The molecular weight excluding hydrogens is 252 g/mol. The topological polar surface area (TPSA) is 84.0 Å². The van der Waals surface area contributed by atoms with Crippen molar-refractivity contribution in [2.24, 2.45) is 0 Å². The summed E-state index contributed by atoms with van der Waals surface area (Å²) in [5.41, 5.74) is 0.612. The number of rotatable bonds is 8. The molecule has 0 bridgehead atoms. The van der Waals surface area contributed by atoms with Crippen molar-refractivity contribution in [3.05, 3.63) is 24.0 Å². The van der Waals surface area contributed by atoms with Crippen molar-refractivity contribution < 1.29 is 8.42 Å². The van der Waals surface area contributed by atoms with Gasteiger partial charge in [0.2, 0.25) is 10.0 Å². The van der Waals surface area contributed by atoms with E-state index in [4.69, 9.17) is 0 Å². The molecule has 0 aliphatic rings. The molecule has 0 unspecified atom stereocenters.